The molecule has 0 radical (unpaired) electrons. The number of aromatic nitrogens is 3. The lowest BCUT2D eigenvalue weighted by Gasteiger charge is -2.25. The first-order valence-electron chi connectivity index (χ1n) is 21.8. The zero-order valence-corrected chi connectivity index (χ0v) is 47.5. The first kappa shape index (κ1) is 58.7. The molecule has 17 heteroatoms. The van der Waals surface area contributed by atoms with Crippen molar-refractivity contribution in [3.05, 3.63) is 48.7 Å². The minimum absolute atomic E-state index is 0.343. The monoisotopic (exact) mass is 1120 g/mol. The third-order valence-corrected chi connectivity index (χ3v) is 12.3. The minimum atomic E-state index is 0.343. The molecule has 0 amide bonds. The molecule has 0 bridgehead atoms. The number of halogens is 3. The van der Waals surface area contributed by atoms with E-state index in [0.29, 0.717) is 83.2 Å². The summed E-state index contributed by atoms with van der Waals surface area (Å²) in [6.45, 7) is 29.5. The molecule has 3 aromatic rings. The summed E-state index contributed by atoms with van der Waals surface area (Å²) in [6, 6.07) is 6.47. The first-order chi connectivity index (χ1) is 29.5. The summed E-state index contributed by atoms with van der Waals surface area (Å²) < 4.78 is 23.4. The highest BCUT2D eigenvalue weighted by atomic mass is 79.9. The normalized spacial score (nSPS) is 10.9. The summed E-state index contributed by atoms with van der Waals surface area (Å²) in [5.74, 6) is 4.00. The number of rotatable bonds is 20. The van der Waals surface area contributed by atoms with Crippen molar-refractivity contribution in [3.8, 4) is 17.6 Å². The van der Waals surface area contributed by atoms with Crippen molar-refractivity contribution >= 4 is 112 Å². The smallest absolute Gasteiger partial charge is 0.228 e. The fourth-order valence-corrected chi connectivity index (χ4v) is 7.28. The van der Waals surface area contributed by atoms with E-state index >= 15 is 0 Å². The van der Waals surface area contributed by atoms with E-state index in [9.17, 15) is 0 Å². The standard InChI is InChI=1S/2C17H28BrN3OS.C12H17BrN2OS/c2*1-11(2)8-7-9-22-16-14(18)10-15(13(5)19-16)20-17(23)21(6)12(3)4;1-8(2)5-4-6-16-12-10(13)7-11(15-17)9(3)14-12/h2*10-12H,7-9H2,1-6H3,(H,20,23);7-8H,4-6H2,1-3H3. The molecule has 0 spiro atoms. The Bertz CT molecular complexity index is 1790. The third-order valence-electron chi connectivity index (χ3n) is 9.64. The van der Waals surface area contributed by atoms with Crippen LogP contribution in [0.4, 0.5) is 17.1 Å². The van der Waals surface area contributed by atoms with E-state index in [1.54, 1.807) is 0 Å². The molecule has 0 aliphatic heterocycles. The molecule has 0 saturated heterocycles. The number of thiocarbonyl (C=S) groups is 2. The number of hydrogen-bond donors (Lipinski definition) is 2. The molecule has 0 aromatic carbocycles. The van der Waals surface area contributed by atoms with Gasteiger partial charge in [-0.1, -0.05) is 41.5 Å². The average Bonchev–Trinajstić information content (AvgIpc) is 3.20. The van der Waals surface area contributed by atoms with Crippen LogP contribution in [0.2, 0.25) is 0 Å². The summed E-state index contributed by atoms with van der Waals surface area (Å²) >= 11 is 26.0. The van der Waals surface area contributed by atoms with Crippen LogP contribution in [0.1, 0.15) is 125 Å². The van der Waals surface area contributed by atoms with E-state index in [4.69, 9.17) is 38.6 Å². The lowest BCUT2D eigenvalue weighted by molar-refractivity contribution is 0.285. The fourth-order valence-electron chi connectivity index (χ4n) is 5.17. The van der Waals surface area contributed by atoms with Gasteiger partial charge < -0.3 is 34.6 Å². The molecule has 11 nitrogen and oxygen atoms in total. The molecule has 354 valence electrons. The molecule has 0 aliphatic carbocycles. The van der Waals surface area contributed by atoms with Crippen LogP contribution in [0, 0.1) is 38.5 Å². The second-order valence-electron chi connectivity index (χ2n) is 17.2. The zero-order chi connectivity index (χ0) is 48.0. The lowest BCUT2D eigenvalue weighted by Crippen LogP contribution is -2.36. The van der Waals surface area contributed by atoms with Gasteiger partial charge in [0.15, 0.2) is 10.2 Å². The van der Waals surface area contributed by atoms with Crippen LogP contribution in [0.5, 0.6) is 17.6 Å². The summed E-state index contributed by atoms with van der Waals surface area (Å²) in [5.41, 5.74) is 5.02. The maximum absolute atomic E-state index is 5.78. The van der Waals surface area contributed by atoms with Crippen molar-refractivity contribution < 1.29 is 14.2 Å². The molecule has 0 fully saturated rings. The third kappa shape index (κ3) is 23.1. The van der Waals surface area contributed by atoms with E-state index < -0.39 is 0 Å². The Labute approximate surface area is 421 Å². The van der Waals surface area contributed by atoms with Crippen LogP contribution in [0.25, 0.3) is 0 Å². The van der Waals surface area contributed by atoms with Gasteiger partial charge in [0.25, 0.3) is 0 Å². The van der Waals surface area contributed by atoms with Gasteiger partial charge in [-0.25, -0.2) is 15.0 Å². The maximum Gasteiger partial charge on any atom is 0.228 e. The highest BCUT2D eigenvalue weighted by Crippen LogP contribution is 2.31. The van der Waals surface area contributed by atoms with Crippen molar-refractivity contribution in [2.24, 2.45) is 22.1 Å². The molecule has 2 N–H and O–H groups in total. The molecule has 0 saturated carbocycles. The van der Waals surface area contributed by atoms with Crippen molar-refractivity contribution in [1.82, 2.24) is 24.8 Å². The molecule has 3 rings (SSSR count). The van der Waals surface area contributed by atoms with Gasteiger partial charge in [0, 0.05) is 38.6 Å². The van der Waals surface area contributed by atoms with Crippen LogP contribution < -0.4 is 24.8 Å². The molecule has 63 heavy (non-hydrogen) atoms. The number of ether oxygens (including phenoxy) is 3. The molecule has 0 unspecified atom stereocenters. The van der Waals surface area contributed by atoms with Gasteiger partial charge in [-0.2, -0.15) is 4.36 Å². The predicted molar refractivity (Wildman–Crippen MR) is 286 cm³/mol. The van der Waals surface area contributed by atoms with Crippen molar-refractivity contribution in [2.45, 2.75) is 141 Å². The molecule has 0 aliphatic rings. The van der Waals surface area contributed by atoms with Gasteiger partial charge in [-0.15, -0.1) is 0 Å². The predicted octanol–water partition coefficient (Wildman–Crippen LogP) is 14.3. The Kier molecular flexibility index (Phi) is 28.7. The Balaban J connectivity index is 0.000000479. The Morgan fingerprint density at radius 3 is 1.16 bits per heavy atom. The van der Waals surface area contributed by atoms with Gasteiger partial charge in [0.2, 0.25) is 17.6 Å². The lowest BCUT2D eigenvalue weighted by atomic mass is 10.1. The number of nitrogens with one attached hydrogen (secondary N) is 2. The Hall–Kier alpha value is -2.31. The number of pyridine rings is 3. The van der Waals surface area contributed by atoms with E-state index in [2.05, 4.69) is 159 Å². The van der Waals surface area contributed by atoms with Gasteiger partial charge in [0.1, 0.15) is 0 Å². The van der Waals surface area contributed by atoms with Crippen LogP contribution in [-0.4, -0.2) is 81.0 Å². The zero-order valence-electron chi connectivity index (χ0n) is 40.2. The molecule has 3 aromatic heterocycles. The quantitative estimate of drug-likeness (QED) is 0.0828. The van der Waals surface area contributed by atoms with Gasteiger partial charge in [-0.3, -0.25) is 0 Å². The van der Waals surface area contributed by atoms with Crippen LogP contribution >= 0.6 is 72.2 Å². The Morgan fingerprint density at radius 2 is 0.873 bits per heavy atom. The Morgan fingerprint density at radius 1 is 0.571 bits per heavy atom. The van der Waals surface area contributed by atoms with E-state index in [-0.39, 0.29) is 0 Å². The molecular weight excluding hydrogens is 1050 g/mol. The largest absolute Gasteiger partial charge is 0.477 e. The minimum Gasteiger partial charge on any atom is -0.477 e. The maximum atomic E-state index is 5.78. The number of aryl methyl sites for hydroxylation is 3. The summed E-state index contributed by atoms with van der Waals surface area (Å²) in [6.07, 6.45) is 6.59. The molecule has 0 atom stereocenters. The first-order valence-corrected chi connectivity index (χ1v) is 25.4. The molecule has 3 heterocycles. The van der Waals surface area contributed by atoms with E-state index in [0.717, 1.165) is 80.4 Å². The van der Waals surface area contributed by atoms with Gasteiger partial charge in [-0.05, 0) is 195 Å². The van der Waals surface area contributed by atoms with Crippen LogP contribution in [0.15, 0.2) is 36.0 Å². The number of anilines is 2. The van der Waals surface area contributed by atoms with E-state index in [1.165, 1.54) is 0 Å². The van der Waals surface area contributed by atoms with Crippen molar-refractivity contribution in [2.75, 3.05) is 44.5 Å². The second kappa shape index (κ2) is 30.8. The van der Waals surface area contributed by atoms with Gasteiger partial charge >= 0.3 is 0 Å². The highest BCUT2D eigenvalue weighted by molar-refractivity contribution is 9.11. The topological polar surface area (TPSA) is 109 Å². The van der Waals surface area contributed by atoms with Crippen molar-refractivity contribution in [1.29, 1.82) is 0 Å². The van der Waals surface area contributed by atoms with Crippen LogP contribution in [0.3, 0.4) is 0 Å². The van der Waals surface area contributed by atoms with Crippen LogP contribution in [-0.2, 0) is 12.4 Å². The summed E-state index contributed by atoms with van der Waals surface area (Å²) in [4.78, 5) is 17.4. The fraction of sp³-hybridized carbons (Fsp3) is 0.630. The summed E-state index contributed by atoms with van der Waals surface area (Å²) in [7, 11) is 3.95. The van der Waals surface area contributed by atoms with E-state index in [1.807, 2.05) is 62.9 Å². The summed E-state index contributed by atoms with van der Waals surface area (Å²) in [5, 5.41) is 7.87. The SMILES string of the molecule is Cc1nc(OCCCC(C)C)c(Br)cc1N=S.Cc1nc(OCCCC(C)C)c(Br)cc1NC(=S)N(C)C(C)C.Cc1nc(OCCCC(C)C)c(Br)cc1NC(=S)N(C)C(C)C. The average molecular weight is 1120 g/mol. The highest BCUT2D eigenvalue weighted by Gasteiger charge is 2.15. The van der Waals surface area contributed by atoms with Crippen molar-refractivity contribution in [3.63, 3.8) is 0 Å². The van der Waals surface area contributed by atoms with Gasteiger partial charge in [0.05, 0.1) is 67.4 Å². The number of hydrogen-bond acceptors (Lipinski definition) is 10. The second-order valence-corrected chi connectivity index (χ2v) is 20.7. The molecular formula is C46H73Br3N8O3S3. The number of nitrogens with zero attached hydrogens (tertiary/aromatic N) is 6.